The van der Waals surface area contributed by atoms with E-state index in [0.29, 0.717) is 11.4 Å². The van der Waals surface area contributed by atoms with Crippen LogP contribution < -0.4 is 5.32 Å². The molecule has 3 aliphatic rings. The van der Waals surface area contributed by atoms with Gasteiger partial charge in [-0.15, -0.1) is 0 Å². The second kappa shape index (κ2) is 4.61. The van der Waals surface area contributed by atoms with Crippen molar-refractivity contribution in [3.05, 3.63) is 42.0 Å². The summed E-state index contributed by atoms with van der Waals surface area (Å²) in [6.45, 7) is 3.53. The van der Waals surface area contributed by atoms with Gasteiger partial charge >= 0.3 is 0 Å². The number of fused-ring (bicyclic) bond motifs is 1. The first kappa shape index (κ1) is 14.9. The first-order valence-corrected chi connectivity index (χ1v) is 8.82. The van der Waals surface area contributed by atoms with Gasteiger partial charge in [-0.1, -0.05) is 12.1 Å². The van der Waals surface area contributed by atoms with Gasteiger partial charge < -0.3 is 5.11 Å². The second-order valence-corrected chi connectivity index (χ2v) is 8.09. The van der Waals surface area contributed by atoms with Crippen molar-refractivity contribution in [2.45, 2.75) is 38.7 Å². The summed E-state index contributed by atoms with van der Waals surface area (Å²) < 4.78 is 1.96. The zero-order chi connectivity index (χ0) is 17.4. The van der Waals surface area contributed by atoms with Crippen molar-refractivity contribution in [1.29, 1.82) is 0 Å². The first-order chi connectivity index (χ1) is 11.9. The van der Waals surface area contributed by atoms with Gasteiger partial charge in [-0.25, -0.2) is 4.98 Å². The maximum Gasteiger partial charge on any atom is 0.230 e. The highest BCUT2D eigenvalue weighted by Crippen LogP contribution is 2.70. The number of benzene rings is 1. The van der Waals surface area contributed by atoms with E-state index >= 15 is 0 Å². The number of amides is 1. The second-order valence-electron chi connectivity index (χ2n) is 8.09. The molecule has 1 aromatic carbocycles. The van der Waals surface area contributed by atoms with Crippen molar-refractivity contribution >= 4 is 28.6 Å². The average Bonchev–Trinajstić information content (AvgIpc) is 3.40. The van der Waals surface area contributed by atoms with E-state index < -0.39 is 5.60 Å². The van der Waals surface area contributed by atoms with Crippen molar-refractivity contribution < 1.29 is 9.90 Å². The van der Waals surface area contributed by atoms with Crippen molar-refractivity contribution in [3.63, 3.8) is 0 Å². The van der Waals surface area contributed by atoms with E-state index in [-0.39, 0.29) is 11.8 Å². The Labute approximate surface area is 146 Å². The summed E-state index contributed by atoms with van der Waals surface area (Å²) in [5.74, 6) is 0.797. The monoisotopic (exact) mass is 335 g/mol. The topological polar surface area (TPSA) is 67.2 Å². The summed E-state index contributed by atoms with van der Waals surface area (Å²) in [6, 6.07) is 5.73. The maximum absolute atomic E-state index is 12.6. The van der Waals surface area contributed by atoms with Crippen LogP contribution in [0, 0.1) is 11.3 Å². The normalized spacial score (nSPS) is 22.7. The van der Waals surface area contributed by atoms with Gasteiger partial charge in [0.25, 0.3) is 0 Å². The maximum atomic E-state index is 12.6. The third-order valence-electron chi connectivity index (χ3n) is 5.79. The third kappa shape index (κ3) is 2.26. The highest BCUT2D eigenvalue weighted by atomic mass is 16.3. The molecule has 1 spiro atoms. The fraction of sp³-hybridized carbons (Fsp3) is 0.400. The number of nitrogens with zero attached hydrogens (tertiary/aromatic N) is 2. The summed E-state index contributed by atoms with van der Waals surface area (Å²) in [7, 11) is 0. The lowest BCUT2D eigenvalue weighted by atomic mass is 9.98. The summed E-state index contributed by atoms with van der Waals surface area (Å²) in [4.78, 5) is 17.2. The van der Waals surface area contributed by atoms with Crippen LogP contribution in [0.5, 0.6) is 0 Å². The highest BCUT2D eigenvalue weighted by Gasteiger charge is 2.65. The van der Waals surface area contributed by atoms with E-state index in [4.69, 9.17) is 0 Å². The molecule has 3 aliphatic carbocycles. The van der Waals surface area contributed by atoms with Crippen LogP contribution in [0.15, 0.2) is 36.4 Å². The zero-order valence-electron chi connectivity index (χ0n) is 14.4. The van der Waals surface area contributed by atoms with Gasteiger partial charge in [-0.05, 0) is 68.4 Å². The van der Waals surface area contributed by atoms with Crippen molar-refractivity contribution in [2.24, 2.45) is 11.3 Å². The third-order valence-corrected chi connectivity index (χ3v) is 5.79. The van der Waals surface area contributed by atoms with Gasteiger partial charge in [0.1, 0.15) is 0 Å². The fourth-order valence-electron chi connectivity index (χ4n) is 3.76. The molecule has 0 saturated heterocycles. The molecule has 2 fully saturated rings. The number of imidazole rings is 1. The summed E-state index contributed by atoms with van der Waals surface area (Å²) >= 11 is 0. The Morgan fingerprint density at radius 2 is 2.16 bits per heavy atom. The Morgan fingerprint density at radius 3 is 2.72 bits per heavy atom. The van der Waals surface area contributed by atoms with Crippen LogP contribution in [0.1, 0.15) is 38.7 Å². The Balaban J connectivity index is 1.56. The molecule has 1 amide bonds. The number of carbonyl (C=O) groups excluding carboxylic acids is 1. The van der Waals surface area contributed by atoms with Gasteiger partial charge in [0.15, 0.2) is 0 Å². The summed E-state index contributed by atoms with van der Waals surface area (Å²) in [5, 5.41) is 13.4. The molecule has 2 aromatic rings. The van der Waals surface area contributed by atoms with Crippen molar-refractivity contribution in [2.75, 3.05) is 5.32 Å². The molecular formula is C20H21N3O2. The molecule has 128 valence electrons. The molecule has 25 heavy (non-hydrogen) atoms. The van der Waals surface area contributed by atoms with Crippen LogP contribution in [-0.4, -0.2) is 20.6 Å². The lowest BCUT2D eigenvalue weighted by Crippen LogP contribution is -2.18. The van der Waals surface area contributed by atoms with Crippen LogP contribution in [-0.2, 0) is 10.4 Å². The number of allylic oxidation sites excluding steroid dienone is 4. The number of anilines is 1. The van der Waals surface area contributed by atoms with Gasteiger partial charge in [0.05, 0.1) is 16.6 Å². The smallest absolute Gasteiger partial charge is 0.230 e. The molecule has 0 bridgehead atoms. The van der Waals surface area contributed by atoms with Crippen molar-refractivity contribution in [1.82, 2.24) is 9.55 Å². The molecule has 5 nitrogen and oxygen atoms in total. The van der Waals surface area contributed by atoms with E-state index in [1.54, 1.807) is 13.8 Å². The molecule has 0 radical (unpaired) electrons. The first-order valence-electron chi connectivity index (χ1n) is 8.82. The molecule has 1 aromatic heterocycles. The largest absolute Gasteiger partial charge is 0.386 e. The van der Waals surface area contributed by atoms with E-state index in [2.05, 4.69) is 10.3 Å². The van der Waals surface area contributed by atoms with Gasteiger partial charge in [-0.3, -0.25) is 14.7 Å². The molecule has 5 heteroatoms. The SMILES string of the molecule is CC(C)(O)c1ccc2nc(NC(=O)C3CC34CC4)n(C3=CC=C3)c2c1. The Kier molecular flexibility index (Phi) is 2.75. The van der Waals surface area contributed by atoms with E-state index in [1.165, 1.54) is 12.8 Å². The van der Waals surface area contributed by atoms with Crippen LogP contribution in [0.25, 0.3) is 16.7 Å². The number of nitrogens with one attached hydrogen (secondary N) is 1. The van der Waals surface area contributed by atoms with E-state index in [1.807, 2.05) is 41.0 Å². The Bertz CT molecular complexity index is 971. The Hall–Kier alpha value is -2.40. The lowest BCUT2D eigenvalue weighted by Gasteiger charge is -2.19. The van der Waals surface area contributed by atoms with Gasteiger partial charge in [0.2, 0.25) is 11.9 Å². The predicted molar refractivity (Wildman–Crippen MR) is 96.8 cm³/mol. The minimum atomic E-state index is -0.928. The highest BCUT2D eigenvalue weighted by molar-refractivity contribution is 5.97. The number of rotatable bonds is 4. The minimum absolute atomic E-state index is 0.0840. The van der Waals surface area contributed by atoms with Gasteiger partial charge in [0, 0.05) is 11.6 Å². The molecule has 0 aliphatic heterocycles. The van der Waals surface area contributed by atoms with Gasteiger partial charge in [-0.2, -0.15) is 0 Å². The Morgan fingerprint density at radius 1 is 1.40 bits per heavy atom. The summed E-state index contributed by atoms with van der Waals surface area (Å²) in [5.41, 5.74) is 2.90. The number of hydrogen-bond acceptors (Lipinski definition) is 3. The minimum Gasteiger partial charge on any atom is -0.386 e. The molecule has 1 heterocycles. The predicted octanol–water partition coefficient (Wildman–Crippen LogP) is 3.41. The fourth-order valence-corrected chi connectivity index (χ4v) is 3.76. The van der Waals surface area contributed by atoms with Crippen LogP contribution in [0.4, 0.5) is 5.95 Å². The van der Waals surface area contributed by atoms with Crippen molar-refractivity contribution in [3.8, 4) is 0 Å². The standard InChI is InChI=1S/C20H21N3O2/c1-19(2,25)12-6-7-15-16(10-12)23(13-4-3-5-13)18(21-15)22-17(24)14-11-20(14)8-9-20/h3-7,10,14,25H,8-9,11H2,1-2H3,(H,21,22,24). The number of aromatic nitrogens is 2. The van der Waals surface area contributed by atoms with E-state index in [9.17, 15) is 9.90 Å². The summed E-state index contributed by atoms with van der Waals surface area (Å²) in [6.07, 6.45) is 9.34. The van der Waals surface area contributed by atoms with Crippen LogP contribution >= 0.6 is 0 Å². The average molecular weight is 335 g/mol. The lowest BCUT2D eigenvalue weighted by molar-refractivity contribution is -0.117. The molecule has 1 unspecified atom stereocenters. The number of aliphatic hydroxyl groups is 1. The van der Waals surface area contributed by atoms with E-state index in [0.717, 1.165) is 28.7 Å². The quantitative estimate of drug-likeness (QED) is 0.900. The zero-order valence-corrected chi connectivity index (χ0v) is 14.4. The van der Waals surface area contributed by atoms with Crippen LogP contribution in [0.2, 0.25) is 0 Å². The number of carbonyl (C=O) groups is 1. The molecule has 5 rings (SSSR count). The van der Waals surface area contributed by atoms with Crippen LogP contribution in [0.3, 0.4) is 0 Å². The number of hydrogen-bond donors (Lipinski definition) is 2. The molecule has 2 N–H and O–H groups in total. The molecular weight excluding hydrogens is 314 g/mol. The molecule has 1 atom stereocenters. The molecule has 2 saturated carbocycles.